The van der Waals surface area contributed by atoms with Gasteiger partial charge < -0.3 is 22.5 Å². The van der Waals surface area contributed by atoms with E-state index in [1.54, 1.807) is 18.2 Å². The predicted octanol–water partition coefficient (Wildman–Crippen LogP) is -0.143. The zero-order valence-electron chi connectivity index (χ0n) is 9.36. The second kappa shape index (κ2) is 5.37. The molecule has 1 rings (SSSR count). The molecule has 0 aliphatic rings. The first-order valence-corrected chi connectivity index (χ1v) is 5.15. The van der Waals surface area contributed by atoms with E-state index in [1.165, 1.54) is 0 Å². The van der Waals surface area contributed by atoms with Crippen LogP contribution in [-0.2, 0) is 11.2 Å². The number of carbonyl (C=O) groups excluding carboxylic acids is 1. The Bertz CT molecular complexity index is 376. The molecule has 1 unspecified atom stereocenters. The first-order valence-electron chi connectivity index (χ1n) is 5.15. The molecule has 1 aromatic carbocycles. The van der Waals surface area contributed by atoms with E-state index in [2.05, 4.69) is 5.32 Å². The Morgan fingerprint density at radius 1 is 1.44 bits per heavy atom. The highest BCUT2D eigenvalue weighted by atomic mass is 16.1. The van der Waals surface area contributed by atoms with Crippen molar-refractivity contribution in [1.29, 1.82) is 0 Å². The average molecular weight is 222 g/mol. The third-order valence-corrected chi connectivity index (χ3v) is 2.14. The summed E-state index contributed by atoms with van der Waals surface area (Å²) in [6.07, 6.45) is 0.249. The number of benzene rings is 1. The average Bonchev–Trinajstić information content (AvgIpc) is 2.19. The van der Waals surface area contributed by atoms with Crippen LogP contribution in [0.5, 0.6) is 0 Å². The third-order valence-electron chi connectivity index (χ3n) is 2.14. The Hall–Kier alpha value is -1.75. The highest BCUT2D eigenvalue weighted by Crippen LogP contribution is 2.15. The van der Waals surface area contributed by atoms with Gasteiger partial charge in [0.1, 0.15) is 0 Å². The maximum Gasteiger partial charge on any atom is 0.224 e. The Labute approximate surface area is 95.0 Å². The lowest BCUT2D eigenvalue weighted by atomic mass is 10.1. The molecule has 0 aliphatic heterocycles. The summed E-state index contributed by atoms with van der Waals surface area (Å²) in [6.45, 7) is 2.30. The number of nitrogen functional groups attached to an aromatic ring is 2. The minimum absolute atomic E-state index is 0.0484. The number of nitrogens with two attached hydrogens (primary N) is 3. The van der Waals surface area contributed by atoms with Crippen LogP contribution in [0.4, 0.5) is 11.4 Å². The second-order valence-corrected chi connectivity index (χ2v) is 3.92. The van der Waals surface area contributed by atoms with Crippen molar-refractivity contribution < 1.29 is 4.79 Å². The summed E-state index contributed by atoms with van der Waals surface area (Å²) in [5.74, 6) is -0.0891. The Balaban J connectivity index is 2.56. The van der Waals surface area contributed by atoms with Crippen molar-refractivity contribution in [2.24, 2.45) is 5.73 Å². The van der Waals surface area contributed by atoms with Crippen LogP contribution in [0.3, 0.4) is 0 Å². The maximum atomic E-state index is 11.5. The zero-order chi connectivity index (χ0) is 12.1. The van der Waals surface area contributed by atoms with Crippen molar-refractivity contribution in [2.45, 2.75) is 19.4 Å². The number of carbonyl (C=O) groups is 1. The van der Waals surface area contributed by atoms with E-state index in [4.69, 9.17) is 17.2 Å². The molecule has 0 saturated carbocycles. The summed E-state index contributed by atoms with van der Waals surface area (Å²) in [5.41, 5.74) is 18.7. The molecule has 7 N–H and O–H groups in total. The second-order valence-electron chi connectivity index (χ2n) is 3.92. The number of rotatable bonds is 4. The normalized spacial score (nSPS) is 12.1. The van der Waals surface area contributed by atoms with Crippen molar-refractivity contribution >= 4 is 17.3 Å². The van der Waals surface area contributed by atoms with Crippen LogP contribution < -0.4 is 22.5 Å². The fourth-order valence-electron chi connectivity index (χ4n) is 1.28. The lowest BCUT2D eigenvalue weighted by Gasteiger charge is -2.09. The van der Waals surface area contributed by atoms with E-state index in [1.807, 2.05) is 6.92 Å². The number of hydrogen-bond acceptors (Lipinski definition) is 4. The summed E-state index contributed by atoms with van der Waals surface area (Å²) >= 11 is 0. The van der Waals surface area contributed by atoms with Gasteiger partial charge in [0.25, 0.3) is 0 Å². The van der Waals surface area contributed by atoms with Crippen molar-refractivity contribution in [3.05, 3.63) is 23.8 Å². The lowest BCUT2D eigenvalue weighted by molar-refractivity contribution is -0.120. The SMILES string of the molecule is CC(N)CNC(=O)Cc1ccc(N)cc1N. The molecule has 0 bridgehead atoms. The van der Waals surface area contributed by atoms with E-state index in [0.29, 0.717) is 17.9 Å². The third kappa shape index (κ3) is 3.78. The summed E-state index contributed by atoms with van der Waals surface area (Å²) < 4.78 is 0. The molecule has 88 valence electrons. The zero-order valence-corrected chi connectivity index (χ0v) is 9.36. The molecule has 1 amide bonds. The van der Waals surface area contributed by atoms with Crippen molar-refractivity contribution in [3.8, 4) is 0 Å². The van der Waals surface area contributed by atoms with Gasteiger partial charge in [-0.3, -0.25) is 4.79 Å². The van der Waals surface area contributed by atoms with Crippen LogP contribution in [-0.4, -0.2) is 18.5 Å². The molecule has 0 aromatic heterocycles. The van der Waals surface area contributed by atoms with Crippen molar-refractivity contribution in [1.82, 2.24) is 5.32 Å². The Kier molecular flexibility index (Phi) is 4.13. The molecule has 5 nitrogen and oxygen atoms in total. The van der Waals surface area contributed by atoms with Crippen LogP contribution in [0.25, 0.3) is 0 Å². The lowest BCUT2D eigenvalue weighted by Crippen LogP contribution is -2.36. The Morgan fingerprint density at radius 2 is 2.12 bits per heavy atom. The molecule has 16 heavy (non-hydrogen) atoms. The van der Waals surface area contributed by atoms with Crippen molar-refractivity contribution in [2.75, 3.05) is 18.0 Å². The van der Waals surface area contributed by atoms with Gasteiger partial charge in [0.05, 0.1) is 6.42 Å². The van der Waals surface area contributed by atoms with Gasteiger partial charge in [-0.2, -0.15) is 0 Å². The molecule has 0 heterocycles. The molecular weight excluding hydrogens is 204 g/mol. The largest absolute Gasteiger partial charge is 0.399 e. The van der Waals surface area contributed by atoms with Gasteiger partial charge in [0.2, 0.25) is 5.91 Å². The fraction of sp³-hybridized carbons (Fsp3) is 0.364. The van der Waals surface area contributed by atoms with Crippen LogP contribution >= 0.6 is 0 Å². The number of hydrogen-bond donors (Lipinski definition) is 4. The molecule has 0 radical (unpaired) electrons. The summed E-state index contributed by atoms with van der Waals surface area (Å²) in [7, 11) is 0. The predicted molar refractivity (Wildman–Crippen MR) is 65.6 cm³/mol. The standard InChI is InChI=1S/C11H18N4O/c1-7(12)6-15-11(16)4-8-2-3-9(13)5-10(8)14/h2-3,5,7H,4,6,12-14H2,1H3,(H,15,16). The minimum atomic E-state index is -0.0891. The number of amides is 1. The van der Waals surface area contributed by atoms with E-state index in [9.17, 15) is 4.79 Å². The molecule has 5 heteroatoms. The molecule has 0 fully saturated rings. The van der Waals surface area contributed by atoms with Gasteiger partial charge in [-0.1, -0.05) is 6.07 Å². The summed E-state index contributed by atoms with van der Waals surface area (Å²) in [5, 5.41) is 2.72. The minimum Gasteiger partial charge on any atom is -0.399 e. The van der Waals surface area contributed by atoms with Gasteiger partial charge in [0.15, 0.2) is 0 Å². The van der Waals surface area contributed by atoms with E-state index < -0.39 is 0 Å². The topological polar surface area (TPSA) is 107 Å². The maximum absolute atomic E-state index is 11.5. The van der Waals surface area contributed by atoms with Gasteiger partial charge in [-0.05, 0) is 24.6 Å². The molecule has 1 aromatic rings. The number of anilines is 2. The fourth-order valence-corrected chi connectivity index (χ4v) is 1.28. The van der Waals surface area contributed by atoms with Crippen LogP contribution in [0.1, 0.15) is 12.5 Å². The highest BCUT2D eigenvalue weighted by molar-refractivity contribution is 5.80. The Morgan fingerprint density at radius 3 is 2.69 bits per heavy atom. The van der Waals surface area contributed by atoms with E-state index in [0.717, 1.165) is 5.56 Å². The summed E-state index contributed by atoms with van der Waals surface area (Å²) in [4.78, 5) is 11.5. The van der Waals surface area contributed by atoms with Crippen LogP contribution in [0, 0.1) is 0 Å². The van der Waals surface area contributed by atoms with E-state index >= 15 is 0 Å². The molecule has 0 saturated heterocycles. The van der Waals surface area contributed by atoms with Gasteiger partial charge in [-0.25, -0.2) is 0 Å². The first-order chi connectivity index (χ1) is 7.49. The summed E-state index contributed by atoms with van der Waals surface area (Å²) in [6, 6.07) is 5.09. The molecule has 0 spiro atoms. The van der Waals surface area contributed by atoms with Crippen LogP contribution in [0.15, 0.2) is 18.2 Å². The highest BCUT2D eigenvalue weighted by Gasteiger charge is 2.06. The molecule has 0 aliphatic carbocycles. The molecule has 1 atom stereocenters. The number of nitrogens with one attached hydrogen (secondary N) is 1. The first kappa shape index (κ1) is 12.3. The van der Waals surface area contributed by atoms with Crippen molar-refractivity contribution in [3.63, 3.8) is 0 Å². The van der Waals surface area contributed by atoms with Gasteiger partial charge >= 0.3 is 0 Å². The smallest absolute Gasteiger partial charge is 0.224 e. The van der Waals surface area contributed by atoms with Gasteiger partial charge in [-0.15, -0.1) is 0 Å². The van der Waals surface area contributed by atoms with Crippen LogP contribution in [0.2, 0.25) is 0 Å². The molecular formula is C11H18N4O. The van der Waals surface area contributed by atoms with E-state index in [-0.39, 0.29) is 18.4 Å². The quantitative estimate of drug-likeness (QED) is 0.532. The van der Waals surface area contributed by atoms with Gasteiger partial charge in [0, 0.05) is 24.0 Å². The monoisotopic (exact) mass is 222 g/mol.